The van der Waals surface area contributed by atoms with E-state index in [1.165, 1.54) is 18.6 Å². The Morgan fingerprint density at radius 2 is 2.00 bits per heavy atom. The van der Waals surface area contributed by atoms with Gasteiger partial charge in [0.15, 0.2) is 5.76 Å². The zero-order chi connectivity index (χ0) is 15.5. The van der Waals surface area contributed by atoms with Crippen molar-refractivity contribution < 1.29 is 17.6 Å². The number of primary sulfonamides is 1. The van der Waals surface area contributed by atoms with E-state index < -0.39 is 21.0 Å². The molecule has 1 fully saturated rings. The molecule has 21 heavy (non-hydrogen) atoms. The molecule has 2 rings (SSSR count). The Labute approximate surface area is 124 Å². The summed E-state index contributed by atoms with van der Waals surface area (Å²) in [4.78, 5) is 12.1. The molecule has 0 saturated heterocycles. The molecule has 1 aromatic rings. The number of hydrogen-bond donors (Lipinski definition) is 3. The van der Waals surface area contributed by atoms with Crippen LogP contribution in [0.1, 0.15) is 42.7 Å². The number of rotatable bonds is 5. The highest BCUT2D eigenvalue weighted by Crippen LogP contribution is 2.26. The third-order valence-corrected chi connectivity index (χ3v) is 4.66. The van der Waals surface area contributed by atoms with Crippen molar-refractivity contribution in [2.75, 3.05) is 6.54 Å². The van der Waals surface area contributed by atoms with Gasteiger partial charge < -0.3 is 15.5 Å². The number of hydrogen-bond acceptors (Lipinski definition) is 5. The third kappa shape index (κ3) is 4.05. The van der Waals surface area contributed by atoms with Gasteiger partial charge in [0, 0.05) is 12.6 Å². The van der Waals surface area contributed by atoms with Crippen LogP contribution >= 0.6 is 0 Å². The van der Waals surface area contributed by atoms with E-state index in [2.05, 4.69) is 5.32 Å². The first-order chi connectivity index (χ1) is 9.91. The van der Waals surface area contributed by atoms with E-state index >= 15 is 0 Å². The second kappa shape index (κ2) is 6.59. The number of nitrogens with one attached hydrogen (secondary N) is 1. The van der Waals surface area contributed by atoms with Gasteiger partial charge in [-0.05, 0) is 30.9 Å². The lowest BCUT2D eigenvalue weighted by Gasteiger charge is -2.29. The van der Waals surface area contributed by atoms with Crippen molar-refractivity contribution in [2.24, 2.45) is 16.8 Å². The highest BCUT2D eigenvalue weighted by molar-refractivity contribution is 7.89. The molecule has 1 heterocycles. The lowest BCUT2D eigenvalue weighted by Crippen LogP contribution is -2.45. The quantitative estimate of drug-likeness (QED) is 0.731. The van der Waals surface area contributed by atoms with Gasteiger partial charge in [-0.1, -0.05) is 19.3 Å². The average molecular weight is 315 g/mol. The van der Waals surface area contributed by atoms with Crippen LogP contribution < -0.4 is 16.2 Å². The van der Waals surface area contributed by atoms with Gasteiger partial charge in [0.25, 0.3) is 15.9 Å². The van der Waals surface area contributed by atoms with Crippen molar-refractivity contribution in [3.05, 3.63) is 17.9 Å². The molecule has 5 N–H and O–H groups in total. The van der Waals surface area contributed by atoms with Gasteiger partial charge in [-0.15, -0.1) is 0 Å². The van der Waals surface area contributed by atoms with Gasteiger partial charge in [-0.25, -0.2) is 13.6 Å². The van der Waals surface area contributed by atoms with Crippen LogP contribution in [0.5, 0.6) is 0 Å². The third-order valence-electron chi connectivity index (χ3n) is 3.87. The predicted octanol–water partition coefficient (Wildman–Crippen LogP) is 0.564. The highest BCUT2D eigenvalue weighted by atomic mass is 32.2. The summed E-state index contributed by atoms with van der Waals surface area (Å²) in [5.74, 6) is -0.181. The fourth-order valence-corrected chi connectivity index (χ4v) is 3.20. The Hall–Kier alpha value is -1.38. The molecule has 118 valence electrons. The van der Waals surface area contributed by atoms with E-state index in [0.29, 0.717) is 12.5 Å². The van der Waals surface area contributed by atoms with Gasteiger partial charge in [0.1, 0.15) is 0 Å². The summed E-state index contributed by atoms with van der Waals surface area (Å²) in [5, 5.41) is 7.34. The summed E-state index contributed by atoms with van der Waals surface area (Å²) in [6.45, 7) is 0.346. The molecule has 7 nitrogen and oxygen atoms in total. The summed E-state index contributed by atoms with van der Waals surface area (Å²) in [6.07, 6.45) is 5.60. The molecule has 0 bridgehead atoms. The van der Waals surface area contributed by atoms with Crippen molar-refractivity contribution in [1.82, 2.24) is 5.32 Å². The van der Waals surface area contributed by atoms with Crippen LogP contribution in [0, 0.1) is 5.92 Å². The molecule has 1 aromatic heterocycles. The minimum atomic E-state index is -3.94. The zero-order valence-corrected chi connectivity index (χ0v) is 12.6. The number of carbonyl (C=O) groups is 1. The molecule has 0 radical (unpaired) electrons. The van der Waals surface area contributed by atoms with Crippen molar-refractivity contribution in [1.29, 1.82) is 0 Å². The lowest BCUT2D eigenvalue weighted by molar-refractivity contribution is 0.0882. The Morgan fingerprint density at radius 3 is 2.52 bits per heavy atom. The molecule has 8 heteroatoms. The van der Waals surface area contributed by atoms with Gasteiger partial charge in [-0.3, -0.25) is 4.79 Å². The number of carbonyl (C=O) groups excluding carboxylic acids is 1. The summed E-state index contributed by atoms with van der Waals surface area (Å²) in [7, 11) is -3.94. The minimum Gasteiger partial charge on any atom is -0.438 e. The molecule has 1 atom stereocenters. The first-order valence-corrected chi connectivity index (χ1v) is 8.60. The topological polar surface area (TPSA) is 128 Å². The van der Waals surface area contributed by atoms with Crippen molar-refractivity contribution in [3.63, 3.8) is 0 Å². The first kappa shape index (κ1) is 16.0. The second-order valence-electron chi connectivity index (χ2n) is 5.38. The molecule has 1 unspecified atom stereocenters. The van der Waals surface area contributed by atoms with Crippen LogP contribution in [-0.2, 0) is 10.0 Å². The Morgan fingerprint density at radius 1 is 1.33 bits per heavy atom. The summed E-state index contributed by atoms with van der Waals surface area (Å²) >= 11 is 0. The van der Waals surface area contributed by atoms with E-state index in [4.69, 9.17) is 15.3 Å². The van der Waals surface area contributed by atoms with Crippen molar-refractivity contribution >= 4 is 15.9 Å². The maximum Gasteiger partial charge on any atom is 0.287 e. The number of furan rings is 1. The molecule has 0 aromatic carbocycles. The van der Waals surface area contributed by atoms with Gasteiger partial charge in [-0.2, -0.15) is 0 Å². The molecular formula is C13H21N3O4S. The normalized spacial score (nSPS) is 18.4. The molecule has 1 aliphatic carbocycles. The Kier molecular flexibility index (Phi) is 5.02. The fraction of sp³-hybridized carbons (Fsp3) is 0.615. The van der Waals surface area contributed by atoms with Crippen LogP contribution in [0.3, 0.4) is 0 Å². The molecule has 0 aliphatic heterocycles. The van der Waals surface area contributed by atoms with Crippen LogP contribution in [0.15, 0.2) is 21.6 Å². The van der Waals surface area contributed by atoms with Crippen LogP contribution in [0.25, 0.3) is 0 Å². The minimum absolute atomic E-state index is 0.0757. The average Bonchev–Trinajstić information content (AvgIpc) is 2.95. The zero-order valence-electron chi connectivity index (χ0n) is 11.7. The maximum absolute atomic E-state index is 12.1. The standard InChI is InChI=1S/C13H21N3O4S/c14-8-10(9-4-2-1-3-5-9)16-13(17)11-6-7-12(20-11)21(15,18)19/h6-7,9-10H,1-5,8,14H2,(H,16,17)(H2,15,18,19). The van der Waals surface area contributed by atoms with Crippen LogP contribution in [0.2, 0.25) is 0 Å². The largest absolute Gasteiger partial charge is 0.438 e. The van der Waals surface area contributed by atoms with E-state index in [1.54, 1.807) is 0 Å². The maximum atomic E-state index is 12.1. The summed E-state index contributed by atoms with van der Waals surface area (Å²) < 4.78 is 27.2. The first-order valence-electron chi connectivity index (χ1n) is 7.05. The van der Waals surface area contributed by atoms with Crippen LogP contribution in [0.4, 0.5) is 0 Å². The van der Waals surface area contributed by atoms with Crippen LogP contribution in [-0.4, -0.2) is 26.9 Å². The van der Waals surface area contributed by atoms with E-state index in [-0.39, 0.29) is 11.8 Å². The Bertz CT molecular complexity index is 590. The predicted molar refractivity (Wildman–Crippen MR) is 77.0 cm³/mol. The van der Waals surface area contributed by atoms with Gasteiger partial charge in [0.05, 0.1) is 0 Å². The Balaban J connectivity index is 2.03. The van der Waals surface area contributed by atoms with Gasteiger partial charge >= 0.3 is 0 Å². The van der Waals surface area contributed by atoms with Crippen molar-refractivity contribution in [2.45, 2.75) is 43.2 Å². The number of amides is 1. The highest BCUT2D eigenvalue weighted by Gasteiger charge is 2.26. The van der Waals surface area contributed by atoms with E-state index in [9.17, 15) is 13.2 Å². The molecule has 0 spiro atoms. The lowest BCUT2D eigenvalue weighted by atomic mass is 9.84. The second-order valence-corrected chi connectivity index (χ2v) is 6.87. The smallest absolute Gasteiger partial charge is 0.287 e. The van der Waals surface area contributed by atoms with Crippen molar-refractivity contribution in [3.8, 4) is 0 Å². The fourth-order valence-electron chi connectivity index (χ4n) is 2.74. The molecular weight excluding hydrogens is 294 g/mol. The summed E-state index contributed by atoms with van der Waals surface area (Å²) in [5.41, 5.74) is 5.74. The molecule has 1 aliphatic rings. The summed E-state index contributed by atoms with van der Waals surface area (Å²) in [6, 6.07) is 2.34. The van der Waals surface area contributed by atoms with Gasteiger partial charge in [0.2, 0.25) is 5.09 Å². The van der Waals surface area contributed by atoms with E-state index in [0.717, 1.165) is 25.7 Å². The SMILES string of the molecule is NCC(NC(=O)c1ccc(S(N)(=O)=O)o1)C1CCCCC1. The molecule has 1 saturated carbocycles. The molecule has 1 amide bonds. The monoisotopic (exact) mass is 315 g/mol. The number of nitrogens with two attached hydrogens (primary N) is 2. The number of sulfonamides is 1. The van der Waals surface area contributed by atoms with E-state index in [1.807, 2.05) is 0 Å².